The van der Waals surface area contributed by atoms with Crippen molar-refractivity contribution in [2.75, 3.05) is 32.7 Å². The molecule has 7 nitrogen and oxygen atoms in total. The number of benzene rings is 2. The van der Waals surface area contributed by atoms with Crippen LogP contribution in [0.15, 0.2) is 47.4 Å². The molecular formula is C25H31N3O4S. The lowest BCUT2D eigenvalue weighted by molar-refractivity contribution is -0.137. The summed E-state index contributed by atoms with van der Waals surface area (Å²) in [6, 6.07) is 13.1. The van der Waals surface area contributed by atoms with E-state index in [1.54, 1.807) is 29.7 Å². The minimum atomic E-state index is -3.61. The number of fused-ring (bicyclic) bond motifs is 1. The number of hydrogen-bond acceptors (Lipinski definition) is 4. The molecule has 0 radical (unpaired) electrons. The molecule has 1 saturated heterocycles. The quantitative estimate of drug-likeness (QED) is 0.690. The van der Waals surface area contributed by atoms with E-state index in [0.717, 1.165) is 23.1 Å². The minimum Gasteiger partial charge on any atom is -0.340 e. The molecule has 2 aliphatic rings. The second kappa shape index (κ2) is 9.27. The molecule has 8 heteroatoms. The van der Waals surface area contributed by atoms with Gasteiger partial charge in [-0.05, 0) is 48.6 Å². The van der Waals surface area contributed by atoms with Crippen LogP contribution in [0.2, 0.25) is 0 Å². The highest BCUT2D eigenvalue weighted by Gasteiger charge is 2.35. The fourth-order valence-electron chi connectivity index (χ4n) is 4.85. The van der Waals surface area contributed by atoms with Gasteiger partial charge in [0.15, 0.2) is 0 Å². The average Bonchev–Trinajstić information content (AvgIpc) is 2.80. The van der Waals surface area contributed by atoms with Crippen LogP contribution >= 0.6 is 0 Å². The van der Waals surface area contributed by atoms with Crippen molar-refractivity contribution in [3.63, 3.8) is 0 Å². The van der Waals surface area contributed by atoms with E-state index in [1.807, 2.05) is 37.3 Å². The van der Waals surface area contributed by atoms with E-state index in [1.165, 1.54) is 9.87 Å². The van der Waals surface area contributed by atoms with Gasteiger partial charge in [-0.1, -0.05) is 36.4 Å². The molecule has 2 heterocycles. The molecule has 2 aromatic rings. The van der Waals surface area contributed by atoms with Gasteiger partial charge in [0.2, 0.25) is 21.8 Å². The zero-order valence-corrected chi connectivity index (χ0v) is 20.3. The van der Waals surface area contributed by atoms with Crippen molar-refractivity contribution < 1.29 is 18.0 Å². The molecule has 1 unspecified atom stereocenters. The molecule has 0 bridgehead atoms. The number of sulfonamides is 1. The summed E-state index contributed by atoms with van der Waals surface area (Å²) in [5, 5.41) is 0. The van der Waals surface area contributed by atoms with E-state index in [9.17, 15) is 18.0 Å². The van der Waals surface area contributed by atoms with E-state index in [0.29, 0.717) is 24.5 Å². The molecule has 0 aliphatic carbocycles. The predicted molar refractivity (Wildman–Crippen MR) is 126 cm³/mol. The van der Waals surface area contributed by atoms with Gasteiger partial charge in [-0.25, -0.2) is 8.42 Å². The van der Waals surface area contributed by atoms with Crippen molar-refractivity contribution in [3.8, 4) is 0 Å². The lowest BCUT2D eigenvalue weighted by atomic mass is 9.90. The van der Waals surface area contributed by atoms with Crippen LogP contribution in [0.25, 0.3) is 0 Å². The number of aryl methyl sites for hydroxylation is 2. The average molecular weight is 470 g/mol. The normalized spacial score (nSPS) is 19.3. The van der Waals surface area contributed by atoms with E-state index in [-0.39, 0.29) is 37.4 Å². The summed E-state index contributed by atoms with van der Waals surface area (Å²) in [7, 11) is -3.61. The zero-order chi connectivity index (χ0) is 23.8. The molecule has 2 aliphatic heterocycles. The third-order valence-electron chi connectivity index (χ3n) is 6.74. The minimum absolute atomic E-state index is 0.0354. The van der Waals surface area contributed by atoms with Crippen LogP contribution in [-0.2, 0) is 26.0 Å². The first-order chi connectivity index (χ1) is 15.7. The van der Waals surface area contributed by atoms with Crippen molar-refractivity contribution in [2.24, 2.45) is 0 Å². The summed E-state index contributed by atoms with van der Waals surface area (Å²) in [5.41, 5.74) is 3.83. The molecule has 0 N–H and O–H groups in total. The van der Waals surface area contributed by atoms with Crippen LogP contribution in [0, 0.1) is 13.8 Å². The number of carbonyl (C=O) groups excluding carboxylic acids is 2. The van der Waals surface area contributed by atoms with Crippen LogP contribution in [0.1, 0.15) is 41.6 Å². The van der Waals surface area contributed by atoms with Crippen LogP contribution < -0.4 is 0 Å². The van der Waals surface area contributed by atoms with Gasteiger partial charge in [0, 0.05) is 39.6 Å². The Hall–Kier alpha value is -2.71. The van der Waals surface area contributed by atoms with Gasteiger partial charge in [-0.2, -0.15) is 4.31 Å². The number of carbonyl (C=O) groups is 2. The topological polar surface area (TPSA) is 78.0 Å². The van der Waals surface area contributed by atoms with Gasteiger partial charge < -0.3 is 9.80 Å². The van der Waals surface area contributed by atoms with Crippen molar-refractivity contribution in [2.45, 2.75) is 44.6 Å². The van der Waals surface area contributed by atoms with Gasteiger partial charge >= 0.3 is 0 Å². The summed E-state index contributed by atoms with van der Waals surface area (Å²) in [5.74, 6) is -0.0847. The van der Waals surface area contributed by atoms with Crippen LogP contribution in [0.4, 0.5) is 0 Å². The highest BCUT2D eigenvalue weighted by molar-refractivity contribution is 7.89. The predicted octanol–water partition coefficient (Wildman–Crippen LogP) is 2.67. The Bertz CT molecular complexity index is 1170. The third kappa shape index (κ3) is 4.68. The van der Waals surface area contributed by atoms with E-state index in [2.05, 4.69) is 6.07 Å². The lowest BCUT2D eigenvalue weighted by Gasteiger charge is -2.39. The Kier molecular flexibility index (Phi) is 6.59. The SMILES string of the molecule is CC(=O)N1CCc2ccccc2C1CC(=O)N1CCN(S(=O)(=O)c2cc(C)ccc2C)CC1. The van der Waals surface area contributed by atoms with Crippen molar-refractivity contribution in [1.29, 1.82) is 0 Å². The first-order valence-electron chi connectivity index (χ1n) is 11.4. The number of hydrogen-bond donors (Lipinski definition) is 0. The maximum absolute atomic E-state index is 13.2. The number of rotatable bonds is 4. The molecule has 4 rings (SSSR count). The number of nitrogens with zero attached hydrogens (tertiary/aromatic N) is 3. The molecule has 2 aromatic carbocycles. The van der Waals surface area contributed by atoms with Crippen LogP contribution in [-0.4, -0.2) is 67.1 Å². The fourth-order valence-corrected chi connectivity index (χ4v) is 6.58. The van der Waals surface area contributed by atoms with Gasteiger partial charge in [0.05, 0.1) is 17.4 Å². The summed E-state index contributed by atoms with van der Waals surface area (Å²) < 4.78 is 27.8. The number of amides is 2. The molecule has 1 fully saturated rings. The molecule has 0 aromatic heterocycles. The molecule has 0 spiro atoms. The van der Waals surface area contributed by atoms with Crippen molar-refractivity contribution in [1.82, 2.24) is 14.1 Å². The highest BCUT2D eigenvalue weighted by Crippen LogP contribution is 2.33. The van der Waals surface area contributed by atoms with Gasteiger partial charge in [-0.15, -0.1) is 0 Å². The highest BCUT2D eigenvalue weighted by atomic mass is 32.2. The standard InChI is InChI=1S/C25H31N3O4S/c1-18-8-9-19(2)24(16-18)33(31,32)27-14-12-26(13-15-27)25(30)17-23-22-7-5-4-6-21(22)10-11-28(23)20(3)29/h4-9,16,23H,10-15,17H2,1-3H3. The summed E-state index contributed by atoms with van der Waals surface area (Å²) in [6.07, 6.45) is 0.996. The Morgan fingerprint density at radius 1 is 0.970 bits per heavy atom. The summed E-state index contributed by atoms with van der Waals surface area (Å²) >= 11 is 0. The van der Waals surface area contributed by atoms with E-state index >= 15 is 0 Å². The molecule has 2 amide bonds. The van der Waals surface area contributed by atoms with Gasteiger partial charge in [-0.3, -0.25) is 9.59 Å². The van der Waals surface area contributed by atoms with Gasteiger partial charge in [0.1, 0.15) is 0 Å². The van der Waals surface area contributed by atoms with E-state index in [4.69, 9.17) is 0 Å². The first-order valence-corrected chi connectivity index (χ1v) is 12.8. The Balaban J connectivity index is 1.45. The molecule has 1 atom stereocenters. The Labute approximate surface area is 196 Å². The third-order valence-corrected chi connectivity index (χ3v) is 8.78. The Morgan fingerprint density at radius 2 is 1.67 bits per heavy atom. The lowest BCUT2D eigenvalue weighted by Crippen LogP contribution is -2.51. The summed E-state index contributed by atoms with van der Waals surface area (Å²) in [6.45, 7) is 7.04. The van der Waals surface area contributed by atoms with Gasteiger partial charge in [0.25, 0.3) is 0 Å². The van der Waals surface area contributed by atoms with E-state index < -0.39 is 10.0 Å². The van der Waals surface area contributed by atoms with Crippen molar-refractivity contribution in [3.05, 3.63) is 64.7 Å². The molecule has 33 heavy (non-hydrogen) atoms. The summed E-state index contributed by atoms with van der Waals surface area (Å²) in [4.78, 5) is 29.3. The van der Waals surface area contributed by atoms with Crippen molar-refractivity contribution >= 4 is 21.8 Å². The maximum Gasteiger partial charge on any atom is 0.243 e. The van der Waals surface area contributed by atoms with Crippen LogP contribution in [0.5, 0.6) is 0 Å². The molecule has 0 saturated carbocycles. The van der Waals surface area contributed by atoms with Crippen LogP contribution in [0.3, 0.4) is 0 Å². The second-order valence-electron chi connectivity index (χ2n) is 8.93. The number of piperazine rings is 1. The maximum atomic E-state index is 13.2. The monoisotopic (exact) mass is 469 g/mol. The fraction of sp³-hybridized carbons (Fsp3) is 0.440. The molecular weight excluding hydrogens is 438 g/mol. The smallest absolute Gasteiger partial charge is 0.243 e. The molecule has 176 valence electrons. The second-order valence-corrected chi connectivity index (χ2v) is 10.8. The largest absolute Gasteiger partial charge is 0.340 e. The Morgan fingerprint density at radius 3 is 2.36 bits per heavy atom. The zero-order valence-electron chi connectivity index (χ0n) is 19.5. The first kappa shape index (κ1) is 23.4.